The van der Waals surface area contributed by atoms with Crippen molar-refractivity contribution in [3.8, 4) is 0 Å². The fourth-order valence-corrected chi connectivity index (χ4v) is 2.61. The van der Waals surface area contributed by atoms with Gasteiger partial charge in [-0.1, -0.05) is 6.07 Å². The number of nitrogens with one attached hydrogen (secondary N) is 2. The van der Waals surface area contributed by atoms with Gasteiger partial charge in [-0.15, -0.1) is 34.2 Å². The SMILES string of the molecule is CN=C(NCc1nnc2ccccn12)NC1CN(C(=O)OC(C)(C)C)C1.I. The summed E-state index contributed by atoms with van der Waals surface area (Å²) < 4.78 is 7.28. The molecule has 1 aliphatic rings. The van der Waals surface area contributed by atoms with Crippen LogP contribution in [0.2, 0.25) is 0 Å². The fourth-order valence-electron chi connectivity index (χ4n) is 2.61. The highest BCUT2D eigenvalue weighted by Crippen LogP contribution is 2.15. The molecule has 0 aromatic carbocycles. The number of ether oxygens (including phenoxy) is 1. The number of likely N-dealkylation sites (tertiary alicyclic amines) is 1. The van der Waals surface area contributed by atoms with Crippen LogP contribution >= 0.6 is 24.0 Å². The minimum atomic E-state index is -0.478. The van der Waals surface area contributed by atoms with Crippen molar-refractivity contribution in [3.63, 3.8) is 0 Å². The lowest BCUT2D eigenvalue weighted by Crippen LogP contribution is -2.63. The number of rotatable bonds is 3. The molecule has 0 bridgehead atoms. The van der Waals surface area contributed by atoms with Crippen LogP contribution in [0, 0.1) is 0 Å². The van der Waals surface area contributed by atoms with Gasteiger partial charge in [-0.25, -0.2) is 4.79 Å². The molecule has 2 aromatic heterocycles. The van der Waals surface area contributed by atoms with E-state index in [0.29, 0.717) is 25.6 Å². The van der Waals surface area contributed by atoms with Gasteiger partial charge in [-0.05, 0) is 32.9 Å². The van der Waals surface area contributed by atoms with Gasteiger partial charge in [0.25, 0.3) is 0 Å². The summed E-state index contributed by atoms with van der Waals surface area (Å²) in [6.07, 6.45) is 1.64. The van der Waals surface area contributed by atoms with E-state index in [4.69, 9.17) is 4.74 Å². The number of aromatic nitrogens is 3. The van der Waals surface area contributed by atoms with Crippen LogP contribution in [0.5, 0.6) is 0 Å². The van der Waals surface area contributed by atoms with E-state index >= 15 is 0 Å². The average molecular weight is 487 g/mol. The maximum absolute atomic E-state index is 12.0. The van der Waals surface area contributed by atoms with Gasteiger partial charge >= 0.3 is 6.09 Å². The van der Waals surface area contributed by atoms with Crippen LogP contribution in [0.4, 0.5) is 4.79 Å². The molecule has 0 unspecified atom stereocenters. The van der Waals surface area contributed by atoms with E-state index in [2.05, 4.69) is 25.8 Å². The summed E-state index contributed by atoms with van der Waals surface area (Å²) in [5.74, 6) is 1.46. The Kier molecular flexibility index (Phi) is 6.84. The molecule has 148 valence electrons. The normalized spacial score (nSPS) is 15.1. The van der Waals surface area contributed by atoms with E-state index in [9.17, 15) is 4.79 Å². The molecule has 3 rings (SSSR count). The van der Waals surface area contributed by atoms with Gasteiger partial charge in [0.05, 0.1) is 12.6 Å². The van der Waals surface area contributed by atoms with E-state index in [1.807, 2.05) is 49.6 Å². The Bertz CT molecular complexity index is 809. The molecular formula is C17H26IN7O2. The number of aliphatic imine (C=N–C) groups is 1. The number of amides is 1. The molecule has 0 radical (unpaired) electrons. The Morgan fingerprint density at radius 2 is 2.07 bits per heavy atom. The van der Waals surface area contributed by atoms with Crippen molar-refractivity contribution in [1.29, 1.82) is 0 Å². The predicted octanol–water partition coefficient (Wildman–Crippen LogP) is 1.63. The molecule has 2 N–H and O–H groups in total. The second-order valence-corrected chi connectivity index (χ2v) is 7.20. The molecule has 3 heterocycles. The first-order valence-electron chi connectivity index (χ1n) is 8.59. The molecule has 9 nitrogen and oxygen atoms in total. The summed E-state index contributed by atoms with van der Waals surface area (Å²) in [5.41, 5.74) is 0.327. The number of pyridine rings is 1. The zero-order chi connectivity index (χ0) is 18.7. The standard InChI is InChI=1S/C17H25N7O2.HI/c1-17(2,3)26-16(25)23-10-12(11-23)20-15(18-4)19-9-14-22-21-13-7-5-6-8-24(13)14;/h5-8,12H,9-11H2,1-4H3,(H2,18,19,20);1H. The molecule has 0 atom stereocenters. The summed E-state index contributed by atoms with van der Waals surface area (Å²) in [4.78, 5) is 17.8. The van der Waals surface area contributed by atoms with Crippen LogP contribution in [-0.2, 0) is 11.3 Å². The Labute approximate surface area is 175 Å². The number of hydrogen-bond acceptors (Lipinski definition) is 5. The van der Waals surface area contributed by atoms with Crippen molar-refractivity contribution in [2.75, 3.05) is 20.1 Å². The van der Waals surface area contributed by atoms with Crippen LogP contribution in [-0.4, -0.2) is 63.3 Å². The van der Waals surface area contributed by atoms with Crippen molar-refractivity contribution in [2.24, 2.45) is 4.99 Å². The van der Waals surface area contributed by atoms with E-state index in [1.165, 1.54) is 0 Å². The third-order valence-corrected chi connectivity index (χ3v) is 3.90. The van der Waals surface area contributed by atoms with Crippen LogP contribution < -0.4 is 10.6 Å². The summed E-state index contributed by atoms with van der Waals surface area (Å²) in [5, 5.41) is 14.8. The second kappa shape index (κ2) is 8.72. The molecule has 1 fully saturated rings. The number of guanidine groups is 1. The van der Waals surface area contributed by atoms with Crippen molar-refractivity contribution < 1.29 is 9.53 Å². The predicted molar refractivity (Wildman–Crippen MR) is 113 cm³/mol. The number of hydrogen-bond donors (Lipinski definition) is 2. The molecule has 2 aromatic rings. The van der Waals surface area contributed by atoms with Gasteiger partial charge < -0.3 is 20.3 Å². The number of carbonyl (C=O) groups is 1. The van der Waals surface area contributed by atoms with Crippen LogP contribution in [0.3, 0.4) is 0 Å². The second-order valence-electron chi connectivity index (χ2n) is 7.20. The van der Waals surface area contributed by atoms with Gasteiger partial charge in [-0.2, -0.15) is 0 Å². The summed E-state index contributed by atoms with van der Waals surface area (Å²) in [6, 6.07) is 5.91. The van der Waals surface area contributed by atoms with Crippen LogP contribution in [0.15, 0.2) is 29.4 Å². The van der Waals surface area contributed by atoms with Crippen LogP contribution in [0.25, 0.3) is 5.65 Å². The molecule has 0 aliphatic carbocycles. The van der Waals surface area contributed by atoms with Crippen molar-refractivity contribution in [3.05, 3.63) is 30.2 Å². The number of halogens is 1. The topological polar surface area (TPSA) is 96.1 Å². The Morgan fingerprint density at radius 1 is 1.33 bits per heavy atom. The molecule has 27 heavy (non-hydrogen) atoms. The zero-order valence-corrected chi connectivity index (χ0v) is 18.3. The molecule has 1 aliphatic heterocycles. The number of nitrogens with zero attached hydrogens (tertiary/aromatic N) is 5. The number of fused-ring (bicyclic) bond motifs is 1. The van der Waals surface area contributed by atoms with Crippen molar-refractivity contribution >= 4 is 41.7 Å². The first-order chi connectivity index (χ1) is 12.4. The maximum Gasteiger partial charge on any atom is 0.410 e. The smallest absolute Gasteiger partial charge is 0.410 e. The van der Waals surface area contributed by atoms with Gasteiger partial charge in [0.15, 0.2) is 17.4 Å². The zero-order valence-electron chi connectivity index (χ0n) is 16.0. The largest absolute Gasteiger partial charge is 0.444 e. The van der Waals surface area contributed by atoms with E-state index < -0.39 is 5.60 Å². The Hall–Kier alpha value is -2.11. The van der Waals surface area contributed by atoms with Gasteiger partial charge in [0.1, 0.15) is 5.60 Å². The highest BCUT2D eigenvalue weighted by atomic mass is 127. The summed E-state index contributed by atoms with van der Waals surface area (Å²) >= 11 is 0. The van der Waals surface area contributed by atoms with Gasteiger partial charge in [0, 0.05) is 26.3 Å². The minimum Gasteiger partial charge on any atom is -0.444 e. The lowest BCUT2D eigenvalue weighted by molar-refractivity contribution is 0.00701. The van der Waals surface area contributed by atoms with Crippen molar-refractivity contribution in [2.45, 2.75) is 39.0 Å². The Balaban J connectivity index is 0.00000261. The first-order valence-corrected chi connectivity index (χ1v) is 8.59. The molecular weight excluding hydrogens is 461 g/mol. The monoisotopic (exact) mass is 487 g/mol. The van der Waals surface area contributed by atoms with Gasteiger partial charge in [-0.3, -0.25) is 9.39 Å². The minimum absolute atomic E-state index is 0. The summed E-state index contributed by atoms with van der Waals surface area (Å²) in [6.45, 7) is 7.25. The molecule has 0 saturated carbocycles. The lowest BCUT2D eigenvalue weighted by Gasteiger charge is -2.40. The average Bonchev–Trinajstić information content (AvgIpc) is 2.94. The van der Waals surface area contributed by atoms with Gasteiger partial charge in [0.2, 0.25) is 0 Å². The lowest BCUT2D eigenvalue weighted by atomic mass is 10.1. The van der Waals surface area contributed by atoms with E-state index in [-0.39, 0.29) is 36.1 Å². The van der Waals surface area contributed by atoms with E-state index in [0.717, 1.165) is 11.5 Å². The highest BCUT2D eigenvalue weighted by molar-refractivity contribution is 14.0. The molecule has 0 spiro atoms. The quantitative estimate of drug-likeness (QED) is 0.388. The Morgan fingerprint density at radius 3 is 2.74 bits per heavy atom. The third kappa shape index (κ3) is 5.44. The van der Waals surface area contributed by atoms with Crippen LogP contribution in [0.1, 0.15) is 26.6 Å². The van der Waals surface area contributed by atoms with Crippen molar-refractivity contribution in [1.82, 2.24) is 30.1 Å². The highest BCUT2D eigenvalue weighted by Gasteiger charge is 2.34. The van der Waals surface area contributed by atoms with E-state index in [1.54, 1.807) is 11.9 Å². The maximum atomic E-state index is 12.0. The molecule has 10 heteroatoms. The summed E-state index contributed by atoms with van der Waals surface area (Å²) in [7, 11) is 1.71. The first kappa shape index (κ1) is 21.2. The molecule has 1 saturated heterocycles. The molecule has 1 amide bonds. The third-order valence-electron chi connectivity index (χ3n) is 3.90. The fraction of sp³-hybridized carbons (Fsp3) is 0.529. The number of carbonyl (C=O) groups excluding carboxylic acids is 1.